The number of unbranched alkanes of at least 4 members (excludes halogenated alkanes) is 3. The van der Waals surface area contributed by atoms with Crippen molar-refractivity contribution >= 4 is 11.9 Å². The van der Waals surface area contributed by atoms with E-state index in [0.29, 0.717) is 12.8 Å². The predicted octanol–water partition coefficient (Wildman–Crippen LogP) is 3.83. The number of aliphatic hydroxyl groups excluding tert-OH is 1. The SMILES string of the molecule is CCCCCCC(O)CC.O=C(O)C1(C(=O)O)CCCCC1. The number of hydrogen-bond donors (Lipinski definition) is 3. The van der Waals surface area contributed by atoms with E-state index in [2.05, 4.69) is 6.92 Å². The van der Waals surface area contributed by atoms with Crippen LogP contribution in [0.5, 0.6) is 0 Å². The number of aliphatic hydroxyl groups is 1. The second-order valence-corrected chi connectivity index (χ2v) is 6.16. The Hall–Kier alpha value is -1.10. The van der Waals surface area contributed by atoms with Crippen molar-refractivity contribution in [3.8, 4) is 0 Å². The summed E-state index contributed by atoms with van der Waals surface area (Å²) in [5.74, 6) is -2.37. The van der Waals surface area contributed by atoms with E-state index >= 15 is 0 Å². The molecular formula is C17H32O5. The van der Waals surface area contributed by atoms with E-state index in [1.807, 2.05) is 6.92 Å². The highest BCUT2D eigenvalue weighted by Gasteiger charge is 2.46. The summed E-state index contributed by atoms with van der Waals surface area (Å²) in [4.78, 5) is 21.5. The highest BCUT2D eigenvalue weighted by Crippen LogP contribution is 2.36. The molecule has 0 amide bonds. The van der Waals surface area contributed by atoms with E-state index in [9.17, 15) is 9.59 Å². The van der Waals surface area contributed by atoms with Crippen molar-refractivity contribution in [3.05, 3.63) is 0 Å². The van der Waals surface area contributed by atoms with Crippen LogP contribution in [-0.2, 0) is 9.59 Å². The summed E-state index contributed by atoms with van der Waals surface area (Å²) < 4.78 is 0. The van der Waals surface area contributed by atoms with Crippen molar-refractivity contribution in [3.63, 3.8) is 0 Å². The van der Waals surface area contributed by atoms with Gasteiger partial charge in [0.05, 0.1) is 6.10 Å². The second kappa shape index (κ2) is 11.5. The Morgan fingerprint density at radius 2 is 1.50 bits per heavy atom. The number of aliphatic carboxylic acids is 2. The van der Waals surface area contributed by atoms with E-state index in [-0.39, 0.29) is 18.9 Å². The average molecular weight is 316 g/mol. The summed E-state index contributed by atoms with van der Waals surface area (Å²) in [5, 5.41) is 26.7. The molecule has 1 unspecified atom stereocenters. The molecule has 1 fully saturated rings. The first-order valence-electron chi connectivity index (χ1n) is 8.55. The first-order chi connectivity index (χ1) is 10.4. The molecule has 0 radical (unpaired) electrons. The number of carbonyl (C=O) groups is 2. The fourth-order valence-electron chi connectivity index (χ4n) is 2.69. The molecule has 5 heteroatoms. The van der Waals surface area contributed by atoms with Crippen LogP contribution in [0.4, 0.5) is 0 Å². The van der Waals surface area contributed by atoms with E-state index in [1.165, 1.54) is 25.7 Å². The zero-order chi connectivity index (χ0) is 17.0. The van der Waals surface area contributed by atoms with Crippen LogP contribution in [0.15, 0.2) is 0 Å². The minimum Gasteiger partial charge on any atom is -0.480 e. The molecule has 0 aromatic heterocycles. The summed E-state index contributed by atoms with van der Waals surface area (Å²) >= 11 is 0. The molecule has 130 valence electrons. The quantitative estimate of drug-likeness (QED) is 0.467. The minimum atomic E-state index is -1.49. The zero-order valence-corrected chi connectivity index (χ0v) is 14.0. The number of carboxylic acids is 2. The molecule has 1 aliphatic rings. The standard InChI is InChI=1S/C9H20O.C8H12O4/c1-3-5-6-7-8-9(10)4-2;9-6(10)8(7(11)12)4-2-1-3-5-8/h9-10H,3-8H2,1-2H3;1-5H2,(H,9,10)(H,11,12). The van der Waals surface area contributed by atoms with Gasteiger partial charge in [0.25, 0.3) is 0 Å². The van der Waals surface area contributed by atoms with Crippen molar-refractivity contribution in [2.24, 2.45) is 5.41 Å². The van der Waals surface area contributed by atoms with Crippen LogP contribution in [0.1, 0.15) is 84.5 Å². The first-order valence-corrected chi connectivity index (χ1v) is 8.55. The molecule has 1 aliphatic carbocycles. The van der Waals surface area contributed by atoms with Crippen molar-refractivity contribution in [2.45, 2.75) is 90.6 Å². The van der Waals surface area contributed by atoms with Crippen LogP contribution in [-0.4, -0.2) is 33.4 Å². The molecule has 0 saturated heterocycles. The molecule has 5 nitrogen and oxygen atoms in total. The lowest BCUT2D eigenvalue weighted by atomic mass is 9.74. The lowest BCUT2D eigenvalue weighted by Gasteiger charge is -2.28. The second-order valence-electron chi connectivity index (χ2n) is 6.16. The molecule has 3 N–H and O–H groups in total. The largest absolute Gasteiger partial charge is 0.480 e. The van der Waals surface area contributed by atoms with Gasteiger partial charge in [-0.15, -0.1) is 0 Å². The fourth-order valence-corrected chi connectivity index (χ4v) is 2.69. The van der Waals surface area contributed by atoms with Gasteiger partial charge in [-0.05, 0) is 25.7 Å². The molecule has 0 aromatic rings. The average Bonchev–Trinajstić information content (AvgIpc) is 2.52. The predicted molar refractivity (Wildman–Crippen MR) is 85.8 cm³/mol. The Labute approximate surface area is 133 Å². The number of rotatable bonds is 8. The third-order valence-corrected chi connectivity index (χ3v) is 4.39. The van der Waals surface area contributed by atoms with Crippen molar-refractivity contribution in [1.82, 2.24) is 0 Å². The number of hydrogen-bond acceptors (Lipinski definition) is 3. The molecule has 1 atom stereocenters. The Kier molecular flexibility index (Phi) is 10.9. The molecule has 0 bridgehead atoms. The van der Waals surface area contributed by atoms with Crippen molar-refractivity contribution < 1.29 is 24.9 Å². The van der Waals surface area contributed by atoms with Crippen LogP contribution in [0.2, 0.25) is 0 Å². The van der Waals surface area contributed by atoms with E-state index < -0.39 is 17.4 Å². The summed E-state index contributed by atoms with van der Waals surface area (Å²) in [7, 11) is 0. The summed E-state index contributed by atoms with van der Waals surface area (Å²) in [6.45, 7) is 4.24. The molecule has 1 rings (SSSR count). The van der Waals surface area contributed by atoms with Crippen LogP contribution in [0, 0.1) is 5.41 Å². The van der Waals surface area contributed by atoms with E-state index in [4.69, 9.17) is 15.3 Å². The maximum Gasteiger partial charge on any atom is 0.321 e. The van der Waals surface area contributed by atoms with Gasteiger partial charge in [0.15, 0.2) is 5.41 Å². The van der Waals surface area contributed by atoms with Crippen LogP contribution >= 0.6 is 0 Å². The van der Waals surface area contributed by atoms with E-state index in [1.54, 1.807) is 0 Å². The Bertz CT molecular complexity index is 305. The van der Waals surface area contributed by atoms with Crippen LogP contribution < -0.4 is 0 Å². The summed E-state index contributed by atoms with van der Waals surface area (Å²) in [6, 6.07) is 0. The monoisotopic (exact) mass is 316 g/mol. The smallest absolute Gasteiger partial charge is 0.321 e. The van der Waals surface area contributed by atoms with Crippen molar-refractivity contribution in [1.29, 1.82) is 0 Å². The summed E-state index contributed by atoms with van der Waals surface area (Å²) in [6.07, 6.45) is 9.85. The lowest BCUT2D eigenvalue weighted by Crippen LogP contribution is -2.40. The molecular weight excluding hydrogens is 284 g/mol. The highest BCUT2D eigenvalue weighted by atomic mass is 16.4. The lowest BCUT2D eigenvalue weighted by molar-refractivity contribution is -0.167. The van der Waals surface area contributed by atoms with Gasteiger partial charge in [0, 0.05) is 0 Å². The normalized spacial score (nSPS) is 18.0. The minimum absolute atomic E-state index is 0.0446. The van der Waals surface area contributed by atoms with E-state index in [0.717, 1.165) is 19.3 Å². The fraction of sp³-hybridized carbons (Fsp3) is 0.882. The van der Waals surface area contributed by atoms with Gasteiger partial charge in [0.1, 0.15) is 0 Å². The third-order valence-electron chi connectivity index (χ3n) is 4.39. The number of carboxylic acid groups (broad SMARTS) is 2. The van der Waals surface area contributed by atoms with Gasteiger partial charge < -0.3 is 15.3 Å². The van der Waals surface area contributed by atoms with Gasteiger partial charge in [0.2, 0.25) is 0 Å². The molecule has 0 aromatic carbocycles. The summed E-state index contributed by atoms with van der Waals surface area (Å²) in [5.41, 5.74) is -1.49. The van der Waals surface area contributed by atoms with Gasteiger partial charge >= 0.3 is 11.9 Å². The van der Waals surface area contributed by atoms with Gasteiger partial charge in [-0.25, -0.2) is 0 Å². The topological polar surface area (TPSA) is 94.8 Å². The van der Waals surface area contributed by atoms with Crippen molar-refractivity contribution in [2.75, 3.05) is 0 Å². The highest BCUT2D eigenvalue weighted by molar-refractivity contribution is 5.98. The van der Waals surface area contributed by atoms with Crippen LogP contribution in [0.25, 0.3) is 0 Å². The molecule has 0 heterocycles. The Morgan fingerprint density at radius 3 is 1.86 bits per heavy atom. The van der Waals surface area contributed by atoms with Crippen LogP contribution in [0.3, 0.4) is 0 Å². The molecule has 0 aliphatic heterocycles. The molecule has 22 heavy (non-hydrogen) atoms. The van der Waals surface area contributed by atoms with Gasteiger partial charge in [-0.1, -0.05) is 58.8 Å². The maximum absolute atomic E-state index is 10.7. The Balaban J connectivity index is 0.000000409. The Morgan fingerprint density at radius 1 is 0.955 bits per heavy atom. The maximum atomic E-state index is 10.7. The third kappa shape index (κ3) is 7.25. The first kappa shape index (κ1) is 20.9. The van der Waals surface area contributed by atoms with Gasteiger partial charge in [-0.3, -0.25) is 9.59 Å². The van der Waals surface area contributed by atoms with Gasteiger partial charge in [-0.2, -0.15) is 0 Å². The zero-order valence-electron chi connectivity index (χ0n) is 14.0. The molecule has 0 spiro atoms. The molecule has 1 saturated carbocycles.